The van der Waals surface area contributed by atoms with Crippen molar-refractivity contribution in [3.63, 3.8) is 0 Å². The first-order valence-electron chi connectivity index (χ1n) is 7.38. The molecule has 0 aromatic heterocycles. The number of piperidine rings is 1. The molecule has 17 heavy (non-hydrogen) atoms. The van der Waals surface area contributed by atoms with Crippen LogP contribution in [0.15, 0.2) is 0 Å². The first-order chi connectivity index (χ1) is 8.29. The van der Waals surface area contributed by atoms with Crippen LogP contribution in [-0.2, 0) is 0 Å². The van der Waals surface area contributed by atoms with Crippen LogP contribution < -0.4 is 5.32 Å². The fourth-order valence-electron chi connectivity index (χ4n) is 3.18. The van der Waals surface area contributed by atoms with Crippen LogP contribution >= 0.6 is 11.8 Å². The van der Waals surface area contributed by atoms with Crippen LogP contribution in [0.2, 0.25) is 0 Å². The Morgan fingerprint density at radius 1 is 1.29 bits per heavy atom. The molecule has 0 amide bonds. The summed E-state index contributed by atoms with van der Waals surface area (Å²) in [6, 6.07) is 1.54. The fourth-order valence-corrected chi connectivity index (χ4v) is 4.51. The van der Waals surface area contributed by atoms with Gasteiger partial charge in [0.05, 0.1) is 0 Å². The molecule has 2 fully saturated rings. The SMILES string of the molecule is CCNC1CCN(CC2CCCCS2)C(C)C1. The maximum absolute atomic E-state index is 3.61. The number of nitrogens with one attached hydrogen (secondary N) is 1. The Bertz CT molecular complexity index is 216. The molecular formula is C14H28N2S. The van der Waals surface area contributed by atoms with Crippen LogP contribution in [0.3, 0.4) is 0 Å². The molecule has 2 heterocycles. The predicted molar refractivity (Wildman–Crippen MR) is 77.8 cm³/mol. The van der Waals surface area contributed by atoms with Crippen molar-refractivity contribution < 1.29 is 0 Å². The van der Waals surface area contributed by atoms with Crippen molar-refractivity contribution in [1.29, 1.82) is 0 Å². The van der Waals surface area contributed by atoms with Gasteiger partial charge in [-0.3, -0.25) is 4.90 Å². The van der Waals surface area contributed by atoms with Gasteiger partial charge in [0.25, 0.3) is 0 Å². The highest BCUT2D eigenvalue weighted by Crippen LogP contribution is 2.28. The van der Waals surface area contributed by atoms with E-state index in [1.54, 1.807) is 0 Å². The highest BCUT2D eigenvalue weighted by atomic mass is 32.2. The van der Waals surface area contributed by atoms with Crippen LogP contribution in [0, 0.1) is 0 Å². The number of likely N-dealkylation sites (tertiary alicyclic amines) is 1. The Morgan fingerprint density at radius 3 is 2.82 bits per heavy atom. The van der Waals surface area contributed by atoms with E-state index in [-0.39, 0.29) is 0 Å². The zero-order valence-electron chi connectivity index (χ0n) is 11.5. The van der Waals surface area contributed by atoms with Crippen molar-refractivity contribution in [2.24, 2.45) is 0 Å². The minimum absolute atomic E-state index is 0.769. The topological polar surface area (TPSA) is 15.3 Å². The molecule has 2 nitrogen and oxygen atoms in total. The minimum Gasteiger partial charge on any atom is -0.314 e. The van der Waals surface area contributed by atoms with E-state index < -0.39 is 0 Å². The molecule has 2 aliphatic rings. The van der Waals surface area contributed by atoms with E-state index in [0.29, 0.717) is 0 Å². The Labute approximate surface area is 111 Å². The summed E-state index contributed by atoms with van der Waals surface area (Å²) in [4.78, 5) is 2.73. The van der Waals surface area contributed by atoms with Gasteiger partial charge in [0.2, 0.25) is 0 Å². The van der Waals surface area contributed by atoms with E-state index in [1.807, 2.05) is 0 Å². The zero-order chi connectivity index (χ0) is 12.1. The second-order valence-corrected chi connectivity index (χ2v) is 7.02. The summed E-state index contributed by atoms with van der Waals surface area (Å²) in [6.45, 7) is 8.39. The number of hydrogen-bond acceptors (Lipinski definition) is 3. The third-order valence-corrected chi connectivity index (χ3v) is 5.60. The molecular weight excluding hydrogens is 228 g/mol. The number of nitrogens with zero attached hydrogens (tertiary/aromatic N) is 1. The standard InChI is InChI=1S/C14H28N2S/c1-3-15-13-7-8-16(12(2)10-13)11-14-6-4-5-9-17-14/h12-15H,3-11H2,1-2H3. The van der Waals surface area contributed by atoms with Crippen LogP contribution in [-0.4, -0.2) is 47.6 Å². The molecule has 2 saturated heterocycles. The summed E-state index contributed by atoms with van der Waals surface area (Å²) >= 11 is 2.21. The molecule has 0 bridgehead atoms. The molecule has 3 atom stereocenters. The lowest BCUT2D eigenvalue weighted by Crippen LogP contribution is -2.49. The van der Waals surface area contributed by atoms with E-state index in [9.17, 15) is 0 Å². The van der Waals surface area contributed by atoms with Gasteiger partial charge < -0.3 is 5.32 Å². The average molecular weight is 256 g/mol. The van der Waals surface area contributed by atoms with Crippen molar-refractivity contribution in [3.05, 3.63) is 0 Å². The molecule has 2 rings (SSSR count). The number of rotatable bonds is 4. The van der Waals surface area contributed by atoms with Crippen molar-refractivity contribution in [1.82, 2.24) is 10.2 Å². The normalized spacial score (nSPS) is 36.0. The smallest absolute Gasteiger partial charge is 0.0175 e. The Morgan fingerprint density at radius 2 is 2.18 bits per heavy atom. The maximum atomic E-state index is 3.61. The summed E-state index contributed by atoms with van der Waals surface area (Å²) in [7, 11) is 0. The molecule has 0 aromatic rings. The largest absolute Gasteiger partial charge is 0.314 e. The molecule has 3 heteroatoms. The molecule has 0 spiro atoms. The van der Waals surface area contributed by atoms with E-state index >= 15 is 0 Å². The van der Waals surface area contributed by atoms with Gasteiger partial charge in [-0.05, 0) is 51.4 Å². The Kier molecular flexibility index (Phi) is 5.64. The second-order valence-electron chi connectivity index (χ2n) is 5.61. The van der Waals surface area contributed by atoms with E-state index in [1.165, 1.54) is 50.9 Å². The monoisotopic (exact) mass is 256 g/mol. The highest BCUT2D eigenvalue weighted by molar-refractivity contribution is 7.99. The van der Waals surface area contributed by atoms with Gasteiger partial charge in [-0.1, -0.05) is 13.3 Å². The van der Waals surface area contributed by atoms with Gasteiger partial charge in [0, 0.05) is 23.9 Å². The van der Waals surface area contributed by atoms with Crippen LogP contribution in [0.4, 0.5) is 0 Å². The van der Waals surface area contributed by atoms with Gasteiger partial charge in [-0.15, -0.1) is 0 Å². The fraction of sp³-hybridized carbons (Fsp3) is 1.00. The quantitative estimate of drug-likeness (QED) is 0.832. The van der Waals surface area contributed by atoms with Crippen LogP contribution in [0.1, 0.15) is 46.0 Å². The number of hydrogen-bond donors (Lipinski definition) is 1. The van der Waals surface area contributed by atoms with Crippen molar-refractivity contribution in [3.8, 4) is 0 Å². The van der Waals surface area contributed by atoms with E-state index in [4.69, 9.17) is 0 Å². The highest BCUT2D eigenvalue weighted by Gasteiger charge is 2.27. The summed E-state index contributed by atoms with van der Waals surface area (Å²) in [5, 5.41) is 4.53. The molecule has 1 N–H and O–H groups in total. The average Bonchev–Trinajstić information content (AvgIpc) is 2.34. The zero-order valence-corrected chi connectivity index (χ0v) is 12.3. The molecule has 0 saturated carbocycles. The Balaban J connectivity index is 1.74. The summed E-state index contributed by atoms with van der Waals surface area (Å²) in [6.07, 6.45) is 7.03. The predicted octanol–water partition coefficient (Wildman–Crippen LogP) is 2.73. The molecule has 0 aliphatic carbocycles. The Hall–Kier alpha value is 0.270. The molecule has 3 unspecified atom stereocenters. The second kappa shape index (κ2) is 7.01. The lowest BCUT2D eigenvalue weighted by Gasteiger charge is -2.40. The molecule has 100 valence electrons. The van der Waals surface area contributed by atoms with Crippen molar-refractivity contribution in [2.45, 2.75) is 63.3 Å². The lowest BCUT2D eigenvalue weighted by atomic mass is 9.97. The van der Waals surface area contributed by atoms with Crippen LogP contribution in [0.25, 0.3) is 0 Å². The third-order valence-electron chi connectivity index (χ3n) is 4.22. The summed E-state index contributed by atoms with van der Waals surface area (Å²) in [5.74, 6) is 1.40. The summed E-state index contributed by atoms with van der Waals surface area (Å²) < 4.78 is 0. The molecule has 2 aliphatic heterocycles. The van der Waals surface area contributed by atoms with Crippen molar-refractivity contribution in [2.75, 3.05) is 25.4 Å². The first-order valence-corrected chi connectivity index (χ1v) is 8.43. The van der Waals surface area contributed by atoms with Crippen LogP contribution in [0.5, 0.6) is 0 Å². The molecule has 0 aromatic carbocycles. The maximum Gasteiger partial charge on any atom is 0.0175 e. The van der Waals surface area contributed by atoms with Gasteiger partial charge in [0.15, 0.2) is 0 Å². The van der Waals surface area contributed by atoms with Crippen molar-refractivity contribution >= 4 is 11.8 Å². The van der Waals surface area contributed by atoms with Gasteiger partial charge >= 0.3 is 0 Å². The third kappa shape index (κ3) is 4.15. The van der Waals surface area contributed by atoms with E-state index in [2.05, 4.69) is 35.8 Å². The lowest BCUT2D eigenvalue weighted by molar-refractivity contribution is 0.136. The van der Waals surface area contributed by atoms with E-state index in [0.717, 1.165) is 23.9 Å². The summed E-state index contributed by atoms with van der Waals surface area (Å²) in [5.41, 5.74) is 0. The molecule has 0 radical (unpaired) electrons. The first kappa shape index (κ1) is 13.7. The van der Waals surface area contributed by atoms with Gasteiger partial charge in [0.1, 0.15) is 0 Å². The van der Waals surface area contributed by atoms with Gasteiger partial charge in [-0.2, -0.15) is 11.8 Å². The van der Waals surface area contributed by atoms with Gasteiger partial charge in [-0.25, -0.2) is 0 Å². The minimum atomic E-state index is 0.769. The number of thioether (sulfide) groups is 1.